The maximum Gasteiger partial charge on any atom is 0.251 e. The highest BCUT2D eigenvalue weighted by Gasteiger charge is 2.17. The topological polar surface area (TPSA) is 99.2 Å². The highest BCUT2D eigenvalue weighted by Crippen LogP contribution is 2.31. The fourth-order valence-corrected chi connectivity index (χ4v) is 3.63. The average Bonchev–Trinajstić information content (AvgIpc) is 3.39. The molecule has 0 bridgehead atoms. The van der Waals surface area contributed by atoms with Crippen LogP contribution in [0.3, 0.4) is 0 Å². The molecule has 0 saturated carbocycles. The van der Waals surface area contributed by atoms with Crippen LogP contribution in [0.25, 0.3) is 33.5 Å². The number of pyridine rings is 1. The van der Waals surface area contributed by atoms with E-state index >= 15 is 0 Å². The molecule has 4 heterocycles. The summed E-state index contributed by atoms with van der Waals surface area (Å²) in [4.78, 5) is 21.1. The molecule has 5 aromatic rings. The minimum atomic E-state index is -0.182. The van der Waals surface area contributed by atoms with Crippen LogP contribution in [0, 0.1) is 6.92 Å². The van der Waals surface area contributed by atoms with Gasteiger partial charge in [0.05, 0.1) is 35.8 Å². The molecule has 9 heteroatoms. The highest BCUT2D eigenvalue weighted by molar-refractivity contribution is 5.95. The number of carbonyl (C=O) groups excluding carboxylic acids is 1. The smallest absolute Gasteiger partial charge is 0.251 e. The van der Waals surface area contributed by atoms with Crippen LogP contribution in [0.2, 0.25) is 0 Å². The number of aromatic nitrogens is 6. The van der Waals surface area contributed by atoms with E-state index in [9.17, 15) is 4.79 Å². The van der Waals surface area contributed by atoms with E-state index in [-0.39, 0.29) is 5.91 Å². The molecule has 0 aliphatic heterocycles. The van der Waals surface area contributed by atoms with E-state index < -0.39 is 0 Å². The first-order chi connectivity index (χ1) is 15.1. The molecule has 0 aliphatic rings. The van der Waals surface area contributed by atoms with Crippen molar-refractivity contribution in [3.8, 4) is 22.7 Å². The van der Waals surface area contributed by atoms with Crippen molar-refractivity contribution in [3.63, 3.8) is 0 Å². The second kappa shape index (κ2) is 7.21. The Balaban J connectivity index is 1.70. The number of nitrogens with one attached hydrogen (secondary N) is 1. The summed E-state index contributed by atoms with van der Waals surface area (Å²) < 4.78 is 9.09. The molecular weight excluding hydrogens is 394 g/mol. The molecule has 0 spiro atoms. The molecule has 0 atom stereocenters. The van der Waals surface area contributed by atoms with Gasteiger partial charge in [-0.15, -0.1) is 0 Å². The molecule has 1 N–H and O–H groups in total. The molecule has 31 heavy (non-hydrogen) atoms. The Morgan fingerprint density at radius 1 is 1.16 bits per heavy atom. The van der Waals surface area contributed by atoms with Crippen molar-refractivity contribution in [2.75, 3.05) is 14.2 Å². The average molecular weight is 413 g/mol. The fraction of sp³-hybridized carbons (Fsp3) is 0.136. The Bertz CT molecular complexity index is 1450. The van der Waals surface area contributed by atoms with Gasteiger partial charge in [-0.2, -0.15) is 10.2 Å². The molecule has 0 unspecified atom stereocenters. The number of nitrogens with zero attached hydrogens (tertiary/aromatic N) is 6. The Kier molecular flexibility index (Phi) is 4.36. The normalized spacial score (nSPS) is 11.2. The van der Waals surface area contributed by atoms with E-state index in [4.69, 9.17) is 9.84 Å². The van der Waals surface area contributed by atoms with Crippen molar-refractivity contribution in [3.05, 3.63) is 66.4 Å². The molecule has 0 fully saturated rings. The predicted molar refractivity (Wildman–Crippen MR) is 116 cm³/mol. The molecule has 9 nitrogen and oxygen atoms in total. The number of benzene rings is 1. The number of hydrogen-bond acceptors (Lipinski definition) is 6. The first-order valence-electron chi connectivity index (χ1n) is 9.65. The molecule has 0 aliphatic carbocycles. The summed E-state index contributed by atoms with van der Waals surface area (Å²) in [6.45, 7) is 1.93. The van der Waals surface area contributed by atoms with Gasteiger partial charge in [-0.1, -0.05) is 0 Å². The van der Waals surface area contributed by atoms with Crippen LogP contribution in [-0.4, -0.2) is 49.4 Å². The number of methoxy groups -OCH3 is 1. The van der Waals surface area contributed by atoms with E-state index in [1.165, 1.54) is 0 Å². The van der Waals surface area contributed by atoms with E-state index in [0.29, 0.717) is 11.3 Å². The number of ether oxygens (including phenoxy) is 1. The Labute approximate surface area is 177 Å². The van der Waals surface area contributed by atoms with E-state index in [2.05, 4.69) is 20.4 Å². The minimum absolute atomic E-state index is 0.182. The van der Waals surface area contributed by atoms with Gasteiger partial charge in [-0.3, -0.25) is 9.78 Å². The van der Waals surface area contributed by atoms with Crippen molar-refractivity contribution in [2.24, 2.45) is 0 Å². The summed E-state index contributed by atoms with van der Waals surface area (Å²) in [7, 11) is 3.17. The Morgan fingerprint density at radius 2 is 2.03 bits per heavy atom. The van der Waals surface area contributed by atoms with Gasteiger partial charge in [0.15, 0.2) is 5.65 Å². The van der Waals surface area contributed by atoms with Gasteiger partial charge in [0, 0.05) is 36.6 Å². The van der Waals surface area contributed by atoms with Crippen molar-refractivity contribution in [1.82, 2.24) is 34.7 Å². The number of amides is 1. The van der Waals surface area contributed by atoms with Gasteiger partial charge in [-0.25, -0.2) is 14.2 Å². The number of hydrogen-bond donors (Lipinski definition) is 1. The Hall–Kier alpha value is -4.27. The largest absolute Gasteiger partial charge is 0.494 e. The third-order valence-electron chi connectivity index (χ3n) is 5.20. The van der Waals surface area contributed by atoms with Gasteiger partial charge >= 0.3 is 0 Å². The molecule has 0 radical (unpaired) electrons. The van der Waals surface area contributed by atoms with Crippen molar-refractivity contribution < 1.29 is 9.53 Å². The molecule has 1 amide bonds. The summed E-state index contributed by atoms with van der Waals surface area (Å²) in [6.07, 6.45) is 7.13. The molecular formula is C22H19N7O2. The third kappa shape index (κ3) is 2.98. The number of fused-ring (bicyclic) bond motifs is 2. The van der Waals surface area contributed by atoms with Crippen LogP contribution in [-0.2, 0) is 0 Å². The van der Waals surface area contributed by atoms with Gasteiger partial charge < -0.3 is 10.1 Å². The zero-order valence-electron chi connectivity index (χ0n) is 17.2. The lowest BCUT2D eigenvalue weighted by atomic mass is 10.1. The summed E-state index contributed by atoms with van der Waals surface area (Å²) in [5, 5.41) is 12.6. The third-order valence-corrected chi connectivity index (χ3v) is 5.20. The van der Waals surface area contributed by atoms with Crippen LogP contribution in [0.15, 0.2) is 55.1 Å². The summed E-state index contributed by atoms with van der Waals surface area (Å²) in [5.41, 5.74) is 5.23. The second-order valence-electron chi connectivity index (χ2n) is 7.00. The lowest BCUT2D eigenvalue weighted by molar-refractivity contribution is 0.0962. The number of rotatable bonds is 4. The minimum Gasteiger partial charge on any atom is -0.494 e. The van der Waals surface area contributed by atoms with Crippen LogP contribution in [0.5, 0.6) is 5.75 Å². The fourth-order valence-electron chi connectivity index (χ4n) is 3.63. The molecule has 5 rings (SSSR count). The predicted octanol–water partition coefficient (Wildman–Crippen LogP) is 2.81. The first-order valence-corrected chi connectivity index (χ1v) is 9.65. The molecule has 0 saturated heterocycles. The molecule has 154 valence electrons. The lowest BCUT2D eigenvalue weighted by Gasteiger charge is -2.11. The summed E-state index contributed by atoms with van der Waals surface area (Å²) in [5.74, 6) is 0.361. The van der Waals surface area contributed by atoms with Crippen LogP contribution < -0.4 is 10.1 Å². The van der Waals surface area contributed by atoms with Crippen LogP contribution in [0.4, 0.5) is 0 Å². The van der Waals surface area contributed by atoms with Crippen LogP contribution >= 0.6 is 0 Å². The number of carbonyl (C=O) groups is 1. The summed E-state index contributed by atoms with van der Waals surface area (Å²) in [6, 6.07) is 9.07. The molecule has 4 aromatic heterocycles. The maximum absolute atomic E-state index is 12.0. The van der Waals surface area contributed by atoms with Crippen molar-refractivity contribution in [1.29, 1.82) is 0 Å². The zero-order chi connectivity index (χ0) is 21.5. The zero-order valence-corrected chi connectivity index (χ0v) is 17.2. The van der Waals surface area contributed by atoms with Crippen LogP contribution in [0.1, 0.15) is 16.1 Å². The first kappa shape index (κ1) is 18.7. The second-order valence-corrected chi connectivity index (χ2v) is 7.00. The SMILES string of the molecule is CNC(=O)c1ccc(-n2nc(C)c3cnc(-c4cnn5cccnc45)cc32)c(OC)c1. The quantitative estimate of drug-likeness (QED) is 0.486. The van der Waals surface area contributed by atoms with E-state index in [1.807, 2.05) is 31.3 Å². The van der Waals surface area contributed by atoms with E-state index in [0.717, 1.165) is 39.2 Å². The Morgan fingerprint density at radius 3 is 2.84 bits per heavy atom. The lowest BCUT2D eigenvalue weighted by Crippen LogP contribution is -2.18. The highest BCUT2D eigenvalue weighted by atomic mass is 16.5. The van der Waals surface area contributed by atoms with Gasteiger partial charge in [0.2, 0.25) is 0 Å². The molecule has 1 aromatic carbocycles. The van der Waals surface area contributed by atoms with E-state index in [1.54, 1.807) is 54.1 Å². The maximum atomic E-state index is 12.0. The van der Waals surface area contributed by atoms with Crippen molar-refractivity contribution >= 4 is 22.5 Å². The van der Waals surface area contributed by atoms with Gasteiger partial charge in [0.1, 0.15) is 11.4 Å². The standard InChI is InChI=1S/C22H19N7O2/c1-13-15-11-25-17(16-12-26-28-8-4-7-24-21(16)28)10-19(15)29(27-13)18-6-5-14(22(30)23-2)9-20(18)31-3/h4-12H,1-3H3,(H,23,30). The van der Waals surface area contributed by atoms with Gasteiger partial charge in [-0.05, 0) is 37.3 Å². The van der Waals surface area contributed by atoms with Crippen molar-refractivity contribution in [2.45, 2.75) is 6.92 Å². The van der Waals surface area contributed by atoms with Gasteiger partial charge in [0.25, 0.3) is 5.91 Å². The number of aryl methyl sites for hydroxylation is 1. The summed E-state index contributed by atoms with van der Waals surface area (Å²) >= 11 is 0. The monoisotopic (exact) mass is 413 g/mol.